The molecule has 3 rings (SSSR count). The van der Waals surface area contributed by atoms with Crippen molar-refractivity contribution in [2.24, 2.45) is 0 Å². The third-order valence-electron chi connectivity index (χ3n) is 2.83. The Kier molecular flexibility index (Phi) is 1.77. The standard InChI is InChI=1S/C11H8F2N2O/c12-7-1-2-8-6(10(7)13)5-9-11(16)14-3-4-15(8)9/h1-2,5H,3-4H2,(H,14,16). The molecular weight excluding hydrogens is 214 g/mol. The predicted octanol–water partition coefficient (Wildman–Crippen LogP) is 1.66. The van der Waals surface area contributed by atoms with Crippen molar-refractivity contribution in [3.05, 3.63) is 35.5 Å². The summed E-state index contributed by atoms with van der Waals surface area (Å²) in [6, 6.07) is 3.97. The van der Waals surface area contributed by atoms with Gasteiger partial charge >= 0.3 is 0 Å². The van der Waals surface area contributed by atoms with E-state index in [9.17, 15) is 13.6 Å². The van der Waals surface area contributed by atoms with Crippen LogP contribution in [0.3, 0.4) is 0 Å². The Hall–Kier alpha value is -1.91. The number of nitrogens with one attached hydrogen (secondary N) is 1. The molecule has 1 aliphatic heterocycles. The fourth-order valence-corrected chi connectivity index (χ4v) is 2.07. The lowest BCUT2D eigenvalue weighted by molar-refractivity contribution is 0.0929. The average molecular weight is 222 g/mol. The molecule has 0 fully saturated rings. The van der Waals surface area contributed by atoms with Gasteiger partial charge in [-0.2, -0.15) is 0 Å². The van der Waals surface area contributed by atoms with E-state index in [0.717, 1.165) is 6.07 Å². The molecule has 0 bridgehead atoms. The quantitative estimate of drug-likeness (QED) is 0.722. The zero-order valence-corrected chi connectivity index (χ0v) is 8.26. The van der Waals surface area contributed by atoms with Crippen LogP contribution in [0.1, 0.15) is 10.5 Å². The number of hydrogen-bond acceptors (Lipinski definition) is 1. The molecule has 1 amide bonds. The van der Waals surface area contributed by atoms with E-state index < -0.39 is 11.6 Å². The highest BCUT2D eigenvalue weighted by Gasteiger charge is 2.21. The highest BCUT2D eigenvalue weighted by atomic mass is 19.2. The number of benzene rings is 1. The van der Waals surface area contributed by atoms with Crippen LogP contribution in [0.15, 0.2) is 18.2 Å². The van der Waals surface area contributed by atoms with E-state index in [2.05, 4.69) is 5.32 Å². The van der Waals surface area contributed by atoms with E-state index in [1.807, 2.05) is 0 Å². The van der Waals surface area contributed by atoms with Crippen molar-refractivity contribution < 1.29 is 13.6 Å². The van der Waals surface area contributed by atoms with E-state index in [1.54, 1.807) is 4.57 Å². The van der Waals surface area contributed by atoms with E-state index in [1.165, 1.54) is 12.1 Å². The Balaban J connectivity index is 2.40. The van der Waals surface area contributed by atoms with Crippen molar-refractivity contribution in [1.82, 2.24) is 9.88 Å². The number of hydrogen-bond donors (Lipinski definition) is 1. The second-order valence-electron chi connectivity index (χ2n) is 3.73. The maximum Gasteiger partial charge on any atom is 0.268 e. The molecule has 0 unspecified atom stereocenters. The first-order valence-corrected chi connectivity index (χ1v) is 4.94. The number of carbonyl (C=O) groups is 1. The number of fused-ring (bicyclic) bond motifs is 3. The highest BCUT2D eigenvalue weighted by molar-refractivity contribution is 5.99. The van der Waals surface area contributed by atoms with Gasteiger partial charge in [0.05, 0.1) is 5.52 Å². The summed E-state index contributed by atoms with van der Waals surface area (Å²) in [6.07, 6.45) is 0. The zero-order valence-electron chi connectivity index (χ0n) is 8.26. The van der Waals surface area contributed by atoms with E-state index in [4.69, 9.17) is 0 Å². The molecule has 3 nitrogen and oxygen atoms in total. The minimum atomic E-state index is -0.896. The van der Waals surface area contributed by atoms with Gasteiger partial charge in [0.15, 0.2) is 11.6 Å². The molecule has 0 aliphatic carbocycles. The van der Waals surface area contributed by atoms with Gasteiger partial charge in [-0.3, -0.25) is 4.79 Å². The topological polar surface area (TPSA) is 34.0 Å². The molecule has 5 heteroatoms. The predicted molar refractivity (Wildman–Crippen MR) is 54.2 cm³/mol. The first-order chi connectivity index (χ1) is 7.68. The summed E-state index contributed by atoms with van der Waals surface area (Å²) in [5.74, 6) is -2.04. The molecule has 1 aliphatic rings. The van der Waals surface area contributed by atoms with E-state index >= 15 is 0 Å². The van der Waals surface area contributed by atoms with Crippen LogP contribution in [0.5, 0.6) is 0 Å². The molecule has 0 spiro atoms. The van der Waals surface area contributed by atoms with Gasteiger partial charge in [0.2, 0.25) is 0 Å². The van der Waals surface area contributed by atoms with Gasteiger partial charge in [-0.05, 0) is 18.2 Å². The lowest BCUT2D eigenvalue weighted by Crippen LogP contribution is -2.34. The van der Waals surface area contributed by atoms with Crippen LogP contribution in [0.25, 0.3) is 10.9 Å². The van der Waals surface area contributed by atoms with Crippen molar-refractivity contribution in [1.29, 1.82) is 0 Å². The average Bonchev–Trinajstić information content (AvgIpc) is 2.65. The van der Waals surface area contributed by atoms with Crippen LogP contribution in [-0.4, -0.2) is 17.0 Å². The fraction of sp³-hybridized carbons (Fsp3) is 0.182. The van der Waals surface area contributed by atoms with Crippen molar-refractivity contribution in [2.45, 2.75) is 6.54 Å². The number of rotatable bonds is 0. The van der Waals surface area contributed by atoms with E-state index in [0.29, 0.717) is 24.3 Å². The second kappa shape index (κ2) is 3.04. The molecule has 2 aromatic rings. The van der Waals surface area contributed by atoms with Crippen molar-refractivity contribution in [2.75, 3.05) is 6.54 Å². The first-order valence-electron chi connectivity index (χ1n) is 4.94. The van der Waals surface area contributed by atoms with Crippen LogP contribution in [0, 0.1) is 11.6 Å². The molecule has 0 saturated carbocycles. The van der Waals surface area contributed by atoms with Gasteiger partial charge in [-0.1, -0.05) is 0 Å². The largest absolute Gasteiger partial charge is 0.349 e. The number of aromatic nitrogens is 1. The van der Waals surface area contributed by atoms with Crippen molar-refractivity contribution in [3.8, 4) is 0 Å². The van der Waals surface area contributed by atoms with Crippen LogP contribution in [0.4, 0.5) is 8.78 Å². The molecule has 1 N–H and O–H groups in total. The SMILES string of the molecule is O=C1NCCn2c1cc1c(F)c(F)ccc12. The smallest absolute Gasteiger partial charge is 0.268 e. The minimum absolute atomic E-state index is 0.159. The van der Waals surface area contributed by atoms with Crippen LogP contribution in [-0.2, 0) is 6.54 Å². The summed E-state index contributed by atoms with van der Waals surface area (Å²) < 4.78 is 28.2. The molecule has 1 aromatic heterocycles. The lowest BCUT2D eigenvalue weighted by atomic mass is 10.2. The van der Waals surface area contributed by atoms with Crippen molar-refractivity contribution in [3.63, 3.8) is 0 Å². The zero-order chi connectivity index (χ0) is 11.3. The summed E-state index contributed by atoms with van der Waals surface area (Å²) in [5.41, 5.74) is 0.939. The first kappa shape index (κ1) is 9.33. The van der Waals surface area contributed by atoms with E-state index in [-0.39, 0.29) is 11.3 Å². The molecular formula is C11H8F2N2O. The van der Waals surface area contributed by atoms with Gasteiger partial charge in [-0.15, -0.1) is 0 Å². The number of amides is 1. The third kappa shape index (κ3) is 1.08. The summed E-state index contributed by atoms with van der Waals surface area (Å²) in [5, 5.41) is 2.82. The fourth-order valence-electron chi connectivity index (χ4n) is 2.07. The summed E-state index contributed by atoms with van der Waals surface area (Å²) in [7, 11) is 0. The molecule has 82 valence electrons. The number of carbonyl (C=O) groups excluding carboxylic acids is 1. The van der Waals surface area contributed by atoms with Crippen LogP contribution >= 0.6 is 0 Å². The normalized spacial score (nSPS) is 15.0. The molecule has 16 heavy (non-hydrogen) atoms. The number of halogens is 2. The molecule has 0 atom stereocenters. The maximum absolute atomic E-state index is 13.5. The Morgan fingerprint density at radius 3 is 2.94 bits per heavy atom. The van der Waals surface area contributed by atoms with Gasteiger partial charge < -0.3 is 9.88 Å². The molecule has 2 heterocycles. The highest BCUT2D eigenvalue weighted by Crippen LogP contribution is 2.25. The summed E-state index contributed by atoms with van der Waals surface area (Å²) in [6.45, 7) is 1.09. The van der Waals surface area contributed by atoms with Gasteiger partial charge in [0, 0.05) is 18.5 Å². The molecule has 1 aromatic carbocycles. The second-order valence-corrected chi connectivity index (χ2v) is 3.73. The Morgan fingerprint density at radius 2 is 2.12 bits per heavy atom. The van der Waals surface area contributed by atoms with Gasteiger partial charge in [0.1, 0.15) is 5.69 Å². The summed E-state index contributed by atoms with van der Waals surface area (Å²) >= 11 is 0. The monoisotopic (exact) mass is 222 g/mol. The van der Waals surface area contributed by atoms with Gasteiger partial charge in [0.25, 0.3) is 5.91 Å². The van der Waals surface area contributed by atoms with Gasteiger partial charge in [-0.25, -0.2) is 8.78 Å². The van der Waals surface area contributed by atoms with Crippen LogP contribution in [0.2, 0.25) is 0 Å². The molecule has 0 saturated heterocycles. The Bertz CT molecular complexity index is 604. The summed E-state index contributed by atoms with van der Waals surface area (Å²) in [4.78, 5) is 11.5. The van der Waals surface area contributed by atoms with Crippen molar-refractivity contribution >= 4 is 16.8 Å². The maximum atomic E-state index is 13.5. The number of nitrogens with zero attached hydrogens (tertiary/aromatic N) is 1. The Morgan fingerprint density at radius 1 is 1.31 bits per heavy atom. The van der Waals surface area contributed by atoms with Crippen LogP contribution < -0.4 is 5.32 Å². The minimum Gasteiger partial charge on any atom is -0.349 e. The lowest BCUT2D eigenvalue weighted by Gasteiger charge is -2.16. The third-order valence-corrected chi connectivity index (χ3v) is 2.83. The molecule has 0 radical (unpaired) electrons. The Labute approximate surface area is 89.7 Å².